The molecule has 2 rings (SSSR count). The van der Waals surface area contributed by atoms with Crippen LogP contribution in [0.25, 0.3) is 10.9 Å². The Morgan fingerprint density at radius 2 is 2.05 bits per heavy atom. The maximum Gasteiger partial charge on any atom is 0.416 e. The first-order valence-corrected chi connectivity index (χ1v) is 7.02. The Balaban J connectivity index is 2.57. The van der Waals surface area contributed by atoms with Crippen LogP contribution in [0, 0.1) is 0 Å². The van der Waals surface area contributed by atoms with E-state index in [2.05, 4.69) is 9.97 Å². The number of carboxylic acid groups (broad SMARTS) is 1. The van der Waals surface area contributed by atoms with Gasteiger partial charge in [-0.2, -0.15) is 13.2 Å². The zero-order valence-electron chi connectivity index (χ0n) is 10.9. The smallest absolute Gasteiger partial charge is 0.416 e. The van der Waals surface area contributed by atoms with Gasteiger partial charge in [0.2, 0.25) is 0 Å². The predicted octanol–water partition coefficient (Wildman–Crippen LogP) is 3.39. The number of alkyl halides is 3. The highest BCUT2D eigenvalue weighted by Gasteiger charge is 2.31. The number of rotatable bonds is 4. The van der Waals surface area contributed by atoms with Gasteiger partial charge in [0.15, 0.2) is 0 Å². The van der Waals surface area contributed by atoms with E-state index in [0.29, 0.717) is 17.8 Å². The standard InChI is InChI=1S/C13H11F3N2O2S/c1-2-10-17-9-4-3-7(13(14,15)16)5-8(9)12(18-10)21-6-11(19)20/h3-5H,2,6H2,1H3,(H,19,20). The van der Waals surface area contributed by atoms with Gasteiger partial charge in [-0.05, 0) is 18.2 Å². The quantitative estimate of drug-likeness (QED) is 0.692. The van der Waals surface area contributed by atoms with E-state index in [4.69, 9.17) is 5.11 Å². The maximum absolute atomic E-state index is 12.8. The molecule has 0 fully saturated rings. The van der Waals surface area contributed by atoms with Gasteiger partial charge in [0.1, 0.15) is 10.9 Å². The number of aromatic nitrogens is 2. The molecule has 1 aromatic heterocycles. The predicted molar refractivity (Wildman–Crippen MR) is 72.3 cm³/mol. The third kappa shape index (κ3) is 3.63. The first-order chi connectivity index (χ1) is 9.81. The molecule has 1 heterocycles. The van der Waals surface area contributed by atoms with E-state index >= 15 is 0 Å². The number of thioether (sulfide) groups is 1. The molecular weight excluding hydrogens is 305 g/mol. The van der Waals surface area contributed by atoms with Gasteiger partial charge in [-0.1, -0.05) is 18.7 Å². The minimum absolute atomic E-state index is 0.216. The molecule has 112 valence electrons. The number of carbonyl (C=O) groups is 1. The maximum atomic E-state index is 12.8. The highest BCUT2D eigenvalue weighted by Crippen LogP contribution is 2.33. The van der Waals surface area contributed by atoms with Crippen molar-refractivity contribution in [2.45, 2.75) is 24.5 Å². The number of halogens is 3. The summed E-state index contributed by atoms with van der Waals surface area (Å²) in [5, 5.41) is 9.18. The molecule has 4 nitrogen and oxygen atoms in total. The van der Waals surface area contributed by atoms with Gasteiger partial charge < -0.3 is 5.11 Å². The molecule has 0 unspecified atom stereocenters. The van der Waals surface area contributed by atoms with E-state index in [1.54, 1.807) is 0 Å². The van der Waals surface area contributed by atoms with Crippen molar-refractivity contribution in [3.05, 3.63) is 29.6 Å². The number of aryl methyl sites for hydroxylation is 1. The Labute approximate surface area is 122 Å². The fourth-order valence-electron chi connectivity index (χ4n) is 1.72. The normalized spacial score (nSPS) is 11.8. The Hall–Kier alpha value is -1.83. The number of fused-ring (bicyclic) bond motifs is 1. The highest BCUT2D eigenvalue weighted by molar-refractivity contribution is 8.00. The van der Waals surface area contributed by atoms with Gasteiger partial charge in [-0.15, -0.1) is 0 Å². The Morgan fingerprint density at radius 1 is 1.33 bits per heavy atom. The third-order valence-corrected chi connectivity index (χ3v) is 3.66. The lowest BCUT2D eigenvalue weighted by molar-refractivity contribution is -0.137. The van der Waals surface area contributed by atoms with Crippen LogP contribution < -0.4 is 0 Å². The molecule has 0 aliphatic rings. The highest BCUT2D eigenvalue weighted by atomic mass is 32.2. The lowest BCUT2D eigenvalue weighted by atomic mass is 10.1. The molecule has 0 bridgehead atoms. The minimum Gasteiger partial charge on any atom is -0.481 e. The van der Waals surface area contributed by atoms with Crippen molar-refractivity contribution in [1.82, 2.24) is 9.97 Å². The number of carboxylic acids is 1. The summed E-state index contributed by atoms with van der Waals surface area (Å²) in [5.74, 6) is -0.863. The van der Waals surface area contributed by atoms with Crippen molar-refractivity contribution in [3.63, 3.8) is 0 Å². The summed E-state index contributed by atoms with van der Waals surface area (Å²) in [7, 11) is 0. The monoisotopic (exact) mass is 316 g/mol. The lowest BCUT2D eigenvalue weighted by Crippen LogP contribution is -2.06. The number of nitrogens with zero attached hydrogens (tertiary/aromatic N) is 2. The topological polar surface area (TPSA) is 63.1 Å². The molecule has 0 spiro atoms. The summed E-state index contributed by atoms with van der Waals surface area (Å²) in [6.45, 7) is 1.82. The van der Waals surface area contributed by atoms with Crippen molar-refractivity contribution in [1.29, 1.82) is 0 Å². The Bertz CT molecular complexity index is 689. The first kappa shape index (κ1) is 15.6. The average molecular weight is 316 g/mol. The van der Waals surface area contributed by atoms with E-state index < -0.39 is 17.7 Å². The molecular formula is C13H11F3N2O2S. The fourth-order valence-corrected chi connectivity index (χ4v) is 2.47. The molecule has 0 atom stereocenters. The Morgan fingerprint density at radius 3 is 2.62 bits per heavy atom. The van der Waals surface area contributed by atoms with Crippen LogP contribution in [0.2, 0.25) is 0 Å². The van der Waals surface area contributed by atoms with Crippen molar-refractivity contribution in [2.75, 3.05) is 5.75 Å². The van der Waals surface area contributed by atoms with Crippen molar-refractivity contribution >= 4 is 28.6 Å². The van der Waals surface area contributed by atoms with Gasteiger partial charge in [-0.25, -0.2) is 9.97 Å². The van der Waals surface area contributed by atoms with Gasteiger partial charge in [0, 0.05) is 11.8 Å². The van der Waals surface area contributed by atoms with Gasteiger partial charge in [0.25, 0.3) is 0 Å². The van der Waals surface area contributed by atoms with E-state index in [1.165, 1.54) is 6.07 Å². The molecule has 0 saturated heterocycles. The van der Waals surface area contributed by atoms with Gasteiger partial charge in [-0.3, -0.25) is 4.79 Å². The fraction of sp³-hybridized carbons (Fsp3) is 0.308. The second kappa shape index (κ2) is 5.88. The summed E-state index contributed by atoms with van der Waals surface area (Å²) >= 11 is 0.889. The molecule has 1 N–H and O–H groups in total. The molecule has 2 aromatic rings. The molecule has 0 aliphatic carbocycles. The van der Waals surface area contributed by atoms with Crippen LogP contribution in [0.1, 0.15) is 18.3 Å². The van der Waals surface area contributed by atoms with Crippen molar-refractivity contribution in [2.24, 2.45) is 0 Å². The second-order valence-electron chi connectivity index (χ2n) is 4.21. The molecule has 0 amide bonds. The molecule has 8 heteroatoms. The van der Waals surface area contributed by atoms with E-state index in [0.717, 1.165) is 23.9 Å². The summed E-state index contributed by atoms with van der Waals surface area (Å²) in [6.07, 6.45) is -3.95. The summed E-state index contributed by atoms with van der Waals surface area (Å²) in [4.78, 5) is 18.9. The average Bonchev–Trinajstić information content (AvgIpc) is 2.42. The number of aliphatic carboxylic acids is 1. The van der Waals surface area contributed by atoms with Gasteiger partial charge >= 0.3 is 12.1 Å². The second-order valence-corrected chi connectivity index (χ2v) is 5.17. The van der Waals surface area contributed by atoms with Crippen LogP contribution in [0.5, 0.6) is 0 Å². The number of hydrogen-bond donors (Lipinski definition) is 1. The largest absolute Gasteiger partial charge is 0.481 e. The zero-order valence-corrected chi connectivity index (χ0v) is 11.8. The first-order valence-electron chi connectivity index (χ1n) is 6.03. The van der Waals surface area contributed by atoms with Crippen LogP contribution in [0.3, 0.4) is 0 Å². The molecule has 1 aromatic carbocycles. The van der Waals surface area contributed by atoms with Crippen LogP contribution >= 0.6 is 11.8 Å². The number of hydrogen-bond acceptors (Lipinski definition) is 4. The van der Waals surface area contributed by atoms with Crippen LogP contribution in [-0.4, -0.2) is 26.8 Å². The summed E-state index contributed by atoms with van der Waals surface area (Å²) < 4.78 is 38.3. The lowest BCUT2D eigenvalue weighted by Gasteiger charge is -2.10. The van der Waals surface area contributed by atoms with E-state index in [9.17, 15) is 18.0 Å². The number of benzene rings is 1. The SMILES string of the molecule is CCc1nc(SCC(=O)O)c2cc(C(F)(F)F)ccc2n1. The Kier molecular flexibility index (Phi) is 4.36. The van der Waals surface area contributed by atoms with Gasteiger partial charge in [0.05, 0.1) is 16.8 Å². The minimum atomic E-state index is -4.47. The molecule has 0 saturated carbocycles. The van der Waals surface area contributed by atoms with E-state index in [1.807, 2.05) is 6.92 Å². The molecule has 0 radical (unpaired) electrons. The molecule has 21 heavy (non-hydrogen) atoms. The summed E-state index contributed by atoms with van der Waals surface area (Å²) in [5.41, 5.74) is -0.428. The van der Waals surface area contributed by atoms with Crippen molar-refractivity contribution < 1.29 is 23.1 Å². The summed E-state index contributed by atoms with van der Waals surface area (Å²) in [6, 6.07) is 3.20. The van der Waals surface area contributed by atoms with Crippen LogP contribution in [-0.2, 0) is 17.4 Å². The zero-order chi connectivity index (χ0) is 15.6. The van der Waals surface area contributed by atoms with E-state index in [-0.39, 0.29) is 16.2 Å². The van der Waals surface area contributed by atoms with Crippen LogP contribution in [0.4, 0.5) is 13.2 Å². The third-order valence-electron chi connectivity index (χ3n) is 2.68. The van der Waals surface area contributed by atoms with Crippen molar-refractivity contribution in [3.8, 4) is 0 Å². The molecule has 0 aliphatic heterocycles. The van der Waals surface area contributed by atoms with Crippen LogP contribution in [0.15, 0.2) is 23.2 Å².